The fourth-order valence-electron chi connectivity index (χ4n) is 2.45. The van der Waals surface area contributed by atoms with Gasteiger partial charge in [0, 0.05) is 13.1 Å². The van der Waals surface area contributed by atoms with Crippen molar-refractivity contribution in [2.45, 2.75) is 46.1 Å². The van der Waals surface area contributed by atoms with Gasteiger partial charge in [0.05, 0.1) is 16.7 Å². The lowest BCUT2D eigenvalue weighted by molar-refractivity contribution is 0.202. The number of aliphatic hydroxyl groups excluding tert-OH is 1. The van der Waals surface area contributed by atoms with Crippen molar-refractivity contribution < 1.29 is 5.11 Å². The number of aliphatic hydroxyl groups is 1. The second-order valence-corrected chi connectivity index (χ2v) is 5.97. The summed E-state index contributed by atoms with van der Waals surface area (Å²) in [5, 5.41) is 10.7. The third kappa shape index (κ3) is 2.80. The van der Waals surface area contributed by atoms with Gasteiger partial charge in [-0.1, -0.05) is 24.7 Å². The second-order valence-electron chi connectivity index (χ2n) is 4.96. The van der Waals surface area contributed by atoms with Gasteiger partial charge in [-0.2, -0.15) is 0 Å². The molecule has 3 nitrogen and oxygen atoms in total. The molecule has 1 aliphatic rings. The second kappa shape index (κ2) is 5.36. The maximum absolute atomic E-state index is 9.65. The summed E-state index contributed by atoms with van der Waals surface area (Å²) in [5.41, 5.74) is 0.984. The van der Waals surface area contributed by atoms with E-state index in [4.69, 9.17) is 0 Å². The Morgan fingerprint density at radius 2 is 2.12 bits per heavy atom. The van der Waals surface area contributed by atoms with E-state index in [0.29, 0.717) is 0 Å². The molecule has 1 aromatic rings. The number of aryl methyl sites for hydroxylation is 1. The molecule has 2 rings (SSSR count). The number of aromatic nitrogens is 1. The zero-order chi connectivity index (χ0) is 12.4. The van der Waals surface area contributed by atoms with E-state index in [0.717, 1.165) is 34.7 Å². The lowest BCUT2D eigenvalue weighted by Gasteiger charge is -2.31. The Balaban J connectivity index is 2.06. The summed E-state index contributed by atoms with van der Waals surface area (Å²) in [7, 11) is 0. The summed E-state index contributed by atoms with van der Waals surface area (Å²) in [6.45, 7) is 8.31. The highest BCUT2D eigenvalue weighted by atomic mass is 32.1. The Hall–Kier alpha value is -0.610. The van der Waals surface area contributed by atoms with Gasteiger partial charge >= 0.3 is 0 Å². The fourth-order valence-corrected chi connectivity index (χ4v) is 3.50. The van der Waals surface area contributed by atoms with Crippen LogP contribution in [0.2, 0.25) is 0 Å². The molecule has 0 radical (unpaired) electrons. The van der Waals surface area contributed by atoms with Crippen molar-refractivity contribution >= 4 is 16.5 Å². The van der Waals surface area contributed by atoms with Crippen LogP contribution in [0.25, 0.3) is 0 Å². The summed E-state index contributed by atoms with van der Waals surface area (Å²) in [4.78, 5) is 7.97. The average molecular weight is 254 g/mol. The molecule has 1 unspecified atom stereocenters. The molecular formula is C13H22N2OS. The fraction of sp³-hybridized carbons (Fsp3) is 0.769. The van der Waals surface area contributed by atoms with Gasteiger partial charge in [0.25, 0.3) is 0 Å². The van der Waals surface area contributed by atoms with Crippen molar-refractivity contribution in [3.63, 3.8) is 0 Å². The monoisotopic (exact) mass is 254 g/mol. The largest absolute Gasteiger partial charge is 0.388 e. The van der Waals surface area contributed by atoms with Crippen LogP contribution in [0.4, 0.5) is 5.13 Å². The van der Waals surface area contributed by atoms with Crippen molar-refractivity contribution in [2.75, 3.05) is 18.0 Å². The maximum atomic E-state index is 9.65. The molecule has 1 atom stereocenters. The molecule has 1 fully saturated rings. The number of hydrogen-bond acceptors (Lipinski definition) is 4. The molecule has 0 amide bonds. The van der Waals surface area contributed by atoms with Crippen molar-refractivity contribution in [1.82, 2.24) is 4.98 Å². The summed E-state index contributed by atoms with van der Waals surface area (Å²) in [6, 6.07) is 0. The summed E-state index contributed by atoms with van der Waals surface area (Å²) >= 11 is 1.65. The average Bonchev–Trinajstić information content (AvgIpc) is 2.71. The molecule has 1 saturated heterocycles. The van der Waals surface area contributed by atoms with Gasteiger partial charge in [-0.15, -0.1) is 0 Å². The zero-order valence-corrected chi connectivity index (χ0v) is 11.8. The Kier molecular flexibility index (Phi) is 4.05. The predicted molar refractivity (Wildman–Crippen MR) is 72.7 cm³/mol. The Morgan fingerprint density at radius 3 is 2.59 bits per heavy atom. The molecule has 4 heteroatoms. The molecule has 96 valence electrons. The SMILES string of the molecule is CCC1CCN(c2nc(C)c(C(C)O)s2)CC1. The highest BCUT2D eigenvalue weighted by Gasteiger charge is 2.21. The van der Waals surface area contributed by atoms with E-state index in [9.17, 15) is 5.11 Å². The van der Waals surface area contributed by atoms with Crippen LogP contribution in [0.5, 0.6) is 0 Å². The van der Waals surface area contributed by atoms with Crippen LogP contribution < -0.4 is 4.90 Å². The zero-order valence-electron chi connectivity index (χ0n) is 10.9. The molecule has 1 N–H and O–H groups in total. The van der Waals surface area contributed by atoms with Crippen LogP contribution in [0.15, 0.2) is 0 Å². The van der Waals surface area contributed by atoms with Crippen LogP contribution in [-0.4, -0.2) is 23.2 Å². The third-order valence-electron chi connectivity index (χ3n) is 3.66. The Morgan fingerprint density at radius 1 is 1.47 bits per heavy atom. The topological polar surface area (TPSA) is 36.4 Å². The molecule has 0 saturated carbocycles. The first kappa shape index (κ1) is 12.8. The van der Waals surface area contributed by atoms with Crippen LogP contribution in [-0.2, 0) is 0 Å². The molecule has 1 aliphatic heterocycles. The van der Waals surface area contributed by atoms with E-state index in [2.05, 4.69) is 16.8 Å². The van der Waals surface area contributed by atoms with Crippen LogP contribution in [0.3, 0.4) is 0 Å². The van der Waals surface area contributed by atoms with E-state index in [1.165, 1.54) is 19.3 Å². The van der Waals surface area contributed by atoms with Gasteiger partial charge in [-0.3, -0.25) is 0 Å². The highest BCUT2D eigenvalue weighted by molar-refractivity contribution is 7.15. The van der Waals surface area contributed by atoms with Crippen molar-refractivity contribution in [2.24, 2.45) is 5.92 Å². The van der Waals surface area contributed by atoms with Crippen LogP contribution >= 0.6 is 11.3 Å². The maximum Gasteiger partial charge on any atom is 0.185 e. The number of piperidine rings is 1. The lowest BCUT2D eigenvalue weighted by atomic mass is 9.95. The third-order valence-corrected chi connectivity index (χ3v) is 5.05. The minimum absolute atomic E-state index is 0.394. The molecule has 0 aliphatic carbocycles. The van der Waals surface area contributed by atoms with E-state index in [-0.39, 0.29) is 0 Å². The predicted octanol–water partition coefficient (Wildman–Crippen LogP) is 3.13. The van der Waals surface area contributed by atoms with Crippen molar-refractivity contribution in [3.8, 4) is 0 Å². The molecular weight excluding hydrogens is 232 g/mol. The molecule has 0 bridgehead atoms. The first-order valence-electron chi connectivity index (χ1n) is 6.52. The molecule has 0 spiro atoms. The molecule has 2 heterocycles. The normalized spacial score (nSPS) is 19.6. The smallest absolute Gasteiger partial charge is 0.185 e. The van der Waals surface area contributed by atoms with E-state index in [1.54, 1.807) is 11.3 Å². The van der Waals surface area contributed by atoms with Crippen LogP contribution in [0, 0.1) is 12.8 Å². The summed E-state index contributed by atoms with van der Waals surface area (Å²) < 4.78 is 0. The standard InChI is InChI=1S/C13H22N2OS/c1-4-11-5-7-15(8-6-11)13-14-9(2)12(17-13)10(3)16/h10-11,16H,4-8H2,1-3H3. The molecule has 1 aromatic heterocycles. The van der Waals surface area contributed by atoms with E-state index < -0.39 is 6.10 Å². The number of thiazole rings is 1. The van der Waals surface area contributed by atoms with E-state index >= 15 is 0 Å². The molecule has 17 heavy (non-hydrogen) atoms. The quantitative estimate of drug-likeness (QED) is 0.900. The minimum Gasteiger partial charge on any atom is -0.388 e. The van der Waals surface area contributed by atoms with Gasteiger partial charge in [-0.25, -0.2) is 4.98 Å². The van der Waals surface area contributed by atoms with Crippen molar-refractivity contribution in [3.05, 3.63) is 10.6 Å². The van der Waals surface area contributed by atoms with Gasteiger partial charge in [0.2, 0.25) is 0 Å². The number of anilines is 1. The Bertz CT molecular complexity index is 367. The number of hydrogen-bond donors (Lipinski definition) is 1. The first-order chi connectivity index (χ1) is 8.11. The van der Waals surface area contributed by atoms with E-state index in [1.807, 2.05) is 13.8 Å². The van der Waals surface area contributed by atoms with Gasteiger partial charge in [-0.05, 0) is 32.6 Å². The highest BCUT2D eigenvalue weighted by Crippen LogP contribution is 2.33. The van der Waals surface area contributed by atoms with Crippen LogP contribution in [0.1, 0.15) is 49.8 Å². The molecule has 0 aromatic carbocycles. The Labute approximate surface area is 107 Å². The van der Waals surface area contributed by atoms with Gasteiger partial charge in [0.15, 0.2) is 5.13 Å². The first-order valence-corrected chi connectivity index (χ1v) is 7.33. The number of rotatable bonds is 3. The van der Waals surface area contributed by atoms with Crippen molar-refractivity contribution in [1.29, 1.82) is 0 Å². The van der Waals surface area contributed by atoms with Gasteiger partial charge in [0.1, 0.15) is 0 Å². The lowest BCUT2D eigenvalue weighted by Crippen LogP contribution is -2.33. The van der Waals surface area contributed by atoms with Gasteiger partial charge < -0.3 is 10.0 Å². The minimum atomic E-state index is -0.394. The number of nitrogens with zero attached hydrogens (tertiary/aromatic N) is 2. The summed E-state index contributed by atoms with van der Waals surface area (Å²) in [6.07, 6.45) is 3.46. The summed E-state index contributed by atoms with van der Waals surface area (Å²) in [5.74, 6) is 0.892.